The molecule has 0 amide bonds. The fourth-order valence-corrected chi connectivity index (χ4v) is 2.27. The van der Waals surface area contributed by atoms with Crippen molar-refractivity contribution in [2.75, 3.05) is 13.2 Å². The molecule has 0 spiro atoms. The molecule has 7 N–H and O–H groups in total. The molecule has 0 aliphatic carbocycles. The van der Waals surface area contributed by atoms with Crippen molar-refractivity contribution in [1.82, 2.24) is 5.48 Å². The summed E-state index contributed by atoms with van der Waals surface area (Å²) in [7, 11) is 0. The number of nitrogens with two attached hydrogens (primary N) is 1. The van der Waals surface area contributed by atoms with Gasteiger partial charge >= 0.3 is 24.0 Å². The van der Waals surface area contributed by atoms with Crippen LogP contribution in [0.25, 0.3) is 0 Å². The lowest BCUT2D eigenvalue weighted by Crippen LogP contribution is -2.66. The topological polar surface area (TPSA) is 172 Å². The van der Waals surface area contributed by atoms with Gasteiger partial charge in [-0.15, -0.1) is 0 Å². The Kier molecular flexibility index (Phi) is 9.95. The number of ether oxygens (including phenoxy) is 1. The number of alkyl halides is 3. The van der Waals surface area contributed by atoms with Crippen LogP contribution in [-0.4, -0.2) is 69.3 Å². The molecular formula is C16H29F3N2O8. The SMILES string of the molecule is CCC(C)C(N)(C(=O)ONC(O)(OC(=O)C(F)(F)F)C(C)CO)C(O)C(C)CO. The number of rotatable bonds is 11. The van der Waals surface area contributed by atoms with Crippen LogP contribution in [0.2, 0.25) is 0 Å². The summed E-state index contributed by atoms with van der Waals surface area (Å²) in [6, 6.07) is 0. The number of halogens is 3. The highest BCUT2D eigenvalue weighted by Gasteiger charge is 2.52. The van der Waals surface area contributed by atoms with Gasteiger partial charge in [0.2, 0.25) is 0 Å². The number of nitrogens with one attached hydrogen (secondary N) is 1. The number of aliphatic hydroxyl groups excluding tert-OH is 3. The summed E-state index contributed by atoms with van der Waals surface area (Å²) in [6.45, 7) is 4.02. The standard InChI is InChI=1S/C16H29F3N2O8/c1-5-9(3)14(20,11(24)8(2)6-22)12(25)29-21-16(27,10(4)7-23)28-13(26)15(17,18)19/h8-11,21-24,27H,5-7,20H2,1-4H3. The van der Waals surface area contributed by atoms with E-state index in [1.807, 2.05) is 0 Å². The summed E-state index contributed by atoms with van der Waals surface area (Å²) in [5.41, 5.74) is 5.39. The summed E-state index contributed by atoms with van der Waals surface area (Å²) < 4.78 is 41.3. The van der Waals surface area contributed by atoms with Crippen LogP contribution in [-0.2, 0) is 19.2 Å². The van der Waals surface area contributed by atoms with E-state index in [0.717, 1.165) is 6.92 Å². The molecule has 172 valence electrons. The second-order valence-electron chi connectivity index (χ2n) is 7.01. The molecule has 0 bridgehead atoms. The summed E-state index contributed by atoms with van der Waals surface area (Å²) in [6.07, 6.45) is -6.84. The monoisotopic (exact) mass is 434 g/mol. The van der Waals surface area contributed by atoms with Gasteiger partial charge in [-0.05, 0) is 5.92 Å². The fourth-order valence-electron chi connectivity index (χ4n) is 2.27. The molecule has 0 heterocycles. The van der Waals surface area contributed by atoms with E-state index in [0.29, 0.717) is 0 Å². The summed E-state index contributed by atoms with van der Waals surface area (Å²) in [4.78, 5) is 28.2. The number of hydrogen-bond acceptors (Lipinski definition) is 10. The molecule has 0 radical (unpaired) electrons. The van der Waals surface area contributed by atoms with Gasteiger partial charge in [-0.25, -0.2) is 9.59 Å². The molecule has 6 unspecified atom stereocenters. The van der Waals surface area contributed by atoms with Crippen LogP contribution >= 0.6 is 0 Å². The highest BCUT2D eigenvalue weighted by atomic mass is 19.4. The second kappa shape index (κ2) is 10.5. The quantitative estimate of drug-likeness (QED) is 0.137. The predicted molar refractivity (Wildman–Crippen MR) is 91.2 cm³/mol. The Morgan fingerprint density at radius 2 is 1.59 bits per heavy atom. The van der Waals surface area contributed by atoms with Crippen LogP contribution in [0.5, 0.6) is 0 Å². The van der Waals surface area contributed by atoms with E-state index in [2.05, 4.69) is 9.57 Å². The maximum Gasteiger partial charge on any atom is 0.491 e. The zero-order valence-corrected chi connectivity index (χ0v) is 16.6. The predicted octanol–water partition coefficient (Wildman–Crippen LogP) is -0.853. The van der Waals surface area contributed by atoms with E-state index in [1.165, 1.54) is 19.3 Å². The van der Waals surface area contributed by atoms with Crippen molar-refractivity contribution in [3.8, 4) is 0 Å². The van der Waals surface area contributed by atoms with Crippen LogP contribution in [0.15, 0.2) is 0 Å². The molecule has 6 atom stereocenters. The van der Waals surface area contributed by atoms with Crippen molar-refractivity contribution in [2.45, 2.75) is 57.8 Å². The molecule has 29 heavy (non-hydrogen) atoms. The first kappa shape index (κ1) is 27.5. The normalized spacial score (nSPS) is 20.6. The maximum atomic E-state index is 12.6. The van der Waals surface area contributed by atoms with Crippen molar-refractivity contribution >= 4 is 11.9 Å². The Morgan fingerprint density at radius 1 is 1.07 bits per heavy atom. The van der Waals surface area contributed by atoms with Crippen LogP contribution < -0.4 is 11.2 Å². The van der Waals surface area contributed by atoms with E-state index in [-0.39, 0.29) is 6.42 Å². The van der Waals surface area contributed by atoms with E-state index in [4.69, 9.17) is 10.8 Å². The van der Waals surface area contributed by atoms with Crippen molar-refractivity contribution in [1.29, 1.82) is 0 Å². The van der Waals surface area contributed by atoms with Crippen LogP contribution in [0.3, 0.4) is 0 Å². The molecule has 0 aromatic rings. The first-order valence-electron chi connectivity index (χ1n) is 8.81. The highest BCUT2D eigenvalue weighted by Crippen LogP contribution is 2.29. The Balaban J connectivity index is 5.69. The molecule has 0 aliphatic rings. The van der Waals surface area contributed by atoms with Crippen molar-refractivity contribution in [2.24, 2.45) is 23.5 Å². The molecule has 0 aromatic heterocycles. The van der Waals surface area contributed by atoms with Crippen molar-refractivity contribution in [3.63, 3.8) is 0 Å². The molecule has 0 rings (SSSR count). The number of hydroxylamine groups is 1. The number of carbonyl (C=O) groups excluding carboxylic acids is 2. The first-order valence-corrected chi connectivity index (χ1v) is 8.81. The fraction of sp³-hybridized carbons (Fsp3) is 0.875. The molecule has 0 fully saturated rings. The number of carbonyl (C=O) groups is 2. The number of esters is 1. The third-order valence-corrected chi connectivity index (χ3v) is 4.81. The zero-order valence-electron chi connectivity index (χ0n) is 16.6. The third kappa shape index (κ3) is 6.49. The minimum absolute atomic E-state index is 0.265. The Morgan fingerprint density at radius 3 is 1.97 bits per heavy atom. The molecular weight excluding hydrogens is 405 g/mol. The molecule has 10 nitrogen and oxygen atoms in total. The lowest BCUT2D eigenvalue weighted by atomic mass is 9.75. The third-order valence-electron chi connectivity index (χ3n) is 4.81. The van der Waals surface area contributed by atoms with Gasteiger partial charge < -0.3 is 35.7 Å². The van der Waals surface area contributed by atoms with E-state index < -0.39 is 66.6 Å². The largest absolute Gasteiger partial charge is 0.491 e. The zero-order chi connectivity index (χ0) is 23.2. The Bertz CT molecular complexity index is 565. The minimum atomic E-state index is -5.48. The maximum absolute atomic E-state index is 12.6. The average molecular weight is 434 g/mol. The van der Waals surface area contributed by atoms with Gasteiger partial charge in [0.15, 0.2) is 0 Å². The van der Waals surface area contributed by atoms with E-state index in [9.17, 15) is 38.1 Å². The number of aliphatic hydroxyl groups is 4. The van der Waals surface area contributed by atoms with Gasteiger partial charge in [0.25, 0.3) is 0 Å². The van der Waals surface area contributed by atoms with Crippen molar-refractivity contribution < 1.29 is 52.8 Å². The Labute approximate surface area is 165 Å². The lowest BCUT2D eigenvalue weighted by Gasteiger charge is -2.40. The van der Waals surface area contributed by atoms with E-state index in [1.54, 1.807) is 6.92 Å². The Hall–Kier alpha value is -1.51. The first-order chi connectivity index (χ1) is 13.1. The molecule has 0 saturated heterocycles. The lowest BCUT2D eigenvalue weighted by molar-refractivity contribution is -0.308. The second-order valence-corrected chi connectivity index (χ2v) is 7.01. The van der Waals surface area contributed by atoms with Crippen LogP contribution in [0.1, 0.15) is 34.1 Å². The van der Waals surface area contributed by atoms with Gasteiger partial charge in [-0.3, -0.25) is 0 Å². The summed E-state index contributed by atoms with van der Waals surface area (Å²) >= 11 is 0. The van der Waals surface area contributed by atoms with Gasteiger partial charge in [-0.2, -0.15) is 13.2 Å². The van der Waals surface area contributed by atoms with Gasteiger partial charge in [0, 0.05) is 12.5 Å². The number of hydrogen-bond donors (Lipinski definition) is 6. The molecule has 0 saturated carbocycles. The van der Waals surface area contributed by atoms with E-state index >= 15 is 0 Å². The minimum Gasteiger partial charge on any atom is -0.409 e. The van der Waals surface area contributed by atoms with Gasteiger partial charge in [0.1, 0.15) is 5.54 Å². The van der Waals surface area contributed by atoms with Crippen molar-refractivity contribution in [3.05, 3.63) is 0 Å². The average Bonchev–Trinajstić information content (AvgIpc) is 2.67. The van der Waals surface area contributed by atoms with Gasteiger partial charge in [-0.1, -0.05) is 39.6 Å². The summed E-state index contributed by atoms with van der Waals surface area (Å²) in [5, 5.41) is 38.9. The van der Waals surface area contributed by atoms with Gasteiger partial charge in [0.05, 0.1) is 18.6 Å². The smallest absolute Gasteiger partial charge is 0.409 e. The highest BCUT2D eigenvalue weighted by molar-refractivity contribution is 5.82. The van der Waals surface area contributed by atoms with Crippen LogP contribution in [0.4, 0.5) is 13.2 Å². The molecule has 13 heteroatoms. The molecule has 0 aliphatic heterocycles. The molecule has 0 aromatic carbocycles. The summed E-state index contributed by atoms with van der Waals surface area (Å²) in [5.74, 6) is -10.6. The van der Waals surface area contributed by atoms with Crippen LogP contribution in [0, 0.1) is 17.8 Å².